The van der Waals surface area contributed by atoms with Crippen LogP contribution in [0, 0.1) is 0 Å². The molecule has 0 saturated carbocycles. The van der Waals surface area contributed by atoms with Crippen LogP contribution in [0.1, 0.15) is 43.4 Å². The lowest BCUT2D eigenvalue weighted by atomic mass is 10.1. The summed E-state index contributed by atoms with van der Waals surface area (Å²) in [5, 5.41) is 0.657. The Morgan fingerprint density at radius 1 is 1.00 bits per heavy atom. The number of carbonyl (C=O) groups excluding carboxylic acids is 1. The fourth-order valence-corrected chi connectivity index (χ4v) is 5.30. The Balaban J connectivity index is 1.51. The minimum atomic E-state index is -0.122. The number of hydrogen-bond acceptors (Lipinski definition) is 5. The van der Waals surface area contributed by atoms with Crippen molar-refractivity contribution in [3.63, 3.8) is 0 Å². The Bertz CT molecular complexity index is 1270. The Hall–Kier alpha value is -2.80. The highest BCUT2D eigenvalue weighted by Gasteiger charge is 2.33. The van der Waals surface area contributed by atoms with E-state index in [-0.39, 0.29) is 5.91 Å². The molecule has 1 heterocycles. The van der Waals surface area contributed by atoms with Gasteiger partial charge in [-0.25, -0.2) is 0 Å². The van der Waals surface area contributed by atoms with Crippen molar-refractivity contribution in [2.45, 2.75) is 39.7 Å². The number of aryl methyl sites for hydroxylation is 1. The number of amides is 1. The SMILES string of the molecule is CCCCc1ccc(N2C(=O)/C(=C/c3ccc(OCc4ccccc4Cl)c(OCC)c3)SC2=S)cc1. The third-order valence-electron chi connectivity index (χ3n) is 5.71. The molecule has 0 radical (unpaired) electrons. The number of hydrogen-bond donors (Lipinski definition) is 0. The smallest absolute Gasteiger partial charge is 0.270 e. The number of ether oxygens (including phenoxy) is 2. The van der Waals surface area contributed by atoms with E-state index in [4.69, 9.17) is 33.3 Å². The Morgan fingerprint density at radius 3 is 2.50 bits per heavy atom. The average molecular weight is 538 g/mol. The summed E-state index contributed by atoms with van der Waals surface area (Å²) >= 11 is 13.1. The molecule has 0 unspecified atom stereocenters. The molecule has 1 amide bonds. The van der Waals surface area contributed by atoms with Crippen molar-refractivity contribution < 1.29 is 14.3 Å². The molecule has 1 aliphatic rings. The lowest BCUT2D eigenvalue weighted by molar-refractivity contribution is -0.113. The first-order valence-corrected chi connectivity index (χ1v) is 13.6. The van der Waals surface area contributed by atoms with E-state index in [1.807, 2.05) is 67.6 Å². The van der Waals surface area contributed by atoms with E-state index in [1.165, 1.54) is 17.3 Å². The normalized spacial score (nSPS) is 14.5. The van der Waals surface area contributed by atoms with Gasteiger partial charge in [-0.05, 0) is 67.3 Å². The second-order valence-electron chi connectivity index (χ2n) is 8.31. The van der Waals surface area contributed by atoms with Crippen LogP contribution in [0.4, 0.5) is 5.69 Å². The molecule has 0 spiro atoms. The van der Waals surface area contributed by atoms with Gasteiger partial charge in [0.25, 0.3) is 5.91 Å². The van der Waals surface area contributed by atoms with Gasteiger partial charge in [-0.3, -0.25) is 9.69 Å². The minimum Gasteiger partial charge on any atom is -0.490 e. The van der Waals surface area contributed by atoms with Gasteiger partial charge >= 0.3 is 0 Å². The van der Waals surface area contributed by atoms with Gasteiger partial charge in [0.15, 0.2) is 15.8 Å². The predicted octanol–water partition coefficient (Wildman–Crippen LogP) is 8.07. The maximum atomic E-state index is 13.2. The van der Waals surface area contributed by atoms with Gasteiger partial charge in [0.05, 0.1) is 17.2 Å². The van der Waals surface area contributed by atoms with Crippen LogP contribution in [0.25, 0.3) is 6.08 Å². The van der Waals surface area contributed by atoms with Crippen molar-refractivity contribution in [3.05, 3.63) is 93.3 Å². The van der Waals surface area contributed by atoms with Crippen LogP contribution in [0.5, 0.6) is 11.5 Å². The highest BCUT2D eigenvalue weighted by atomic mass is 35.5. The molecule has 3 aromatic rings. The monoisotopic (exact) mass is 537 g/mol. The number of thiocarbonyl (C=S) groups is 1. The summed E-state index contributed by atoms with van der Waals surface area (Å²) < 4.78 is 12.3. The molecule has 4 nitrogen and oxygen atoms in total. The van der Waals surface area contributed by atoms with Crippen molar-refractivity contribution in [2.24, 2.45) is 0 Å². The summed E-state index contributed by atoms with van der Waals surface area (Å²) in [6.45, 7) is 4.92. The molecular formula is C29H28ClNO3S2. The molecule has 7 heteroatoms. The highest BCUT2D eigenvalue weighted by molar-refractivity contribution is 8.27. The summed E-state index contributed by atoms with van der Waals surface area (Å²) in [4.78, 5) is 15.4. The third-order valence-corrected chi connectivity index (χ3v) is 7.38. The van der Waals surface area contributed by atoms with Crippen LogP contribution < -0.4 is 14.4 Å². The van der Waals surface area contributed by atoms with Gasteiger partial charge in [0.2, 0.25) is 0 Å². The second kappa shape index (κ2) is 12.4. The van der Waals surface area contributed by atoms with E-state index in [0.29, 0.717) is 39.0 Å². The molecule has 1 fully saturated rings. The van der Waals surface area contributed by atoms with Crippen molar-refractivity contribution in [1.82, 2.24) is 0 Å². The van der Waals surface area contributed by atoms with Gasteiger partial charge < -0.3 is 9.47 Å². The molecule has 1 saturated heterocycles. The largest absolute Gasteiger partial charge is 0.490 e. The molecule has 186 valence electrons. The van der Waals surface area contributed by atoms with E-state index in [0.717, 1.165) is 36.1 Å². The molecule has 0 atom stereocenters. The van der Waals surface area contributed by atoms with Crippen molar-refractivity contribution in [3.8, 4) is 11.5 Å². The molecule has 0 bridgehead atoms. The Labute approximate surface area is 227 Å². The molecule has 36 heavy (non-hydrogen) atoms. The van der Waals surface area contributed by atoms with Gasteiger partial charge in [-0.2, -0.15) is 0 Å². The topological polar surface area (TPSA) is 38.8 Å². The predicted molar refractivity (Wildman–Crippen MR) is 154 cm³/mol. The summed E-state index contributed by atoms with van der Waals surface area (Å²) in [6, 6.07) is 21.3. The number of carbonyl (C=O) groups is 1. The number of nitrogens with zero attached hydrogens (tertiary/aromatic N) is 1. The quantitative estimate of drug-likeness (QED) is 0.193. The number of benzene rings is 3. The van der Waals surface area contributed by atoms with E-state index >= 15 is 0 Å². The maximum Gasteiger partial charge on any atom is 0.270 e. The van der Waals surface area contributed by atoms with E-state index in [9.17, 15) is 4.79 Å². The first-order valence-electron chi connectivity index (χ1n) is 12.0. The fraction of sp³-hybridized carbons (Fsp3) is 0.241. The number of thioether (sulfide) groups is 1. The van der Waals surface area contributed by atoms with Crippen molar-refractivity contribution in [1.29, 1.82) is 0 Å². The van der Waals surface area contributed by atoms with Gasteiger partial charge in [-0.15, -0.1) is 0 Å². The number of rotatable bonds is 10. The lowest BCUT2D eigenvalue weighted by Crippen LogP contribution is -2.27. The molecular weight excluding hydrogens is 510 g/mol. The van der Waals surface area contributed by atoms with Gasteiger partial charge in [0, 0.05) is 10.6 Å². The van der Waals surface area contributed by atoms with Crippen LogP contribution in [0.15, 0.2) is 71.6 Å². The minimum absolute atomic E-state index is 0.122. The molecule has 0 N–H and O–H groups in total. The van der Waals surface area contributed by atoms with E-state index < -0.39 is 0 Å². The van der Waals surface area contributed by atoms with Gasteiger partial charge in [-0.1, -0.05) is 85.3 Å². The van der Waals surface area contributed by atoms with Crippen LogP contribution >= 0.6 is 35.6 Å². The molecule has 3 aromatic carbocycles. The second-order valence-corrected chi connectivity index (χ2v) is 10.4. The first kappa shape index (κ1) is 26.3. The van der Waals surface area contributed by atoms with E-state index in [2.05, 4.69) is 19.1 Å². The number of anilines is 1. The van der Waals surface area contributed by atoms with E-state index in [1.54, 1.807) is 4.90 Å². The van der Waals surface area contributed by atoms with Crippen LogP contribution in [0.3, 0.4) is 0 Å². The zero-order valence-electron chi connectivity index (χ0n) is 20.3. The standard InChI is InChI=1S/C29H28ClNO3S2/c1-3-5-8-20-11-14-23(15-12-20)31-28(32)27(36-29(31)35)18-21-13-16-25(26(17-21)33-4-2)34-19-22-9-6-7-10-24(22)30/h6-7,9-18H,3-5,8,19H2,1-2H3/b27-18-. The van der Waals surface area contributed by atoms with Crippen molar-refractivity contribution >= 4 is 57.6 Å². The Morgan fingerprint density at radius 2 is 1.78 bits per heavy atom. The van der Waals surface area contributed by atoms with Crippen LogP contribution in [0.2, 0.25) is 5.02 Å². The first-order chi connectivity index (χ1) is 17.5. The summed E-state index contributed by atoms with van der Waals surface area (Å²) in [5.74, 6) is 1.10. The third kappa shape index (κ3) is 6.30. The Kier molecular flexibility index (Phi) is 9.08. The molecule has 0 aliphatic carbocycles. The molecule has 0 aromatic heterocycles. The summed E-state index contributed by atoms with van der Waals surface area (Å²) in [7, 11) is 0. The highest BCUT2D eigenvalue weighted by Crippen LogP contribution is 2.37. The van der Waals surface area contributed by atoms with Crippen molar-refractivity contribution in [2.75, 3.05) is 11.5 Å². The molecule has 1 aliphatic heterocycles. The van der Waals surface area contributed by atoms with Gasteiger partial charge in [0.1, 0.15) is 6.61 Å². The average Bonchev–Trinajstić information content (AvgIpc) is 3.16. The zero-order chi connectivity index (χ0) is 25.5. The maximum absolute atomic E-state index is 13.2. The van der Waals surface area contributed by atoms with Crippen LogP contribution in [-0.4, -0.2) is 16.8 Å². The fourth-order valence-electron chi connectivity index (χ4n) is 3.81. The molecule has 4 rings (SSSR count). The lowest BCUT2D eigenvalue weighted by Gasteiger charge is -2.15. The zero-order valence-corrected chi connectivity index (χ0v) is 22.7. The number of unbranched alkanes of at least 4 members (excludes halogenated alkanes) is 1. The summed E-state index contributed by atoms with van der Waals surface area (Å²) in [5.41, 5.74) is 3.79. The van der Waals surface area contributed by atoms with Crippen LogP contribution in [-0.2, 0) is 17.8 Å². The number of halogens is 1. The summed E-state index contributed by atoms with van der Waals surface area (Å²) in [6.07, 6.45) is 5.18.